The van der Waals surface area contributed by atoms with Gasteiger partial charge in [0.2, 0.25) is 0 Å². The zero-order chi connectivity index (χ0) is 5.70. The van der Waals surface area contributed by atoms with E-state index >= 15 is 0 Å². The fourth-order valence-electron chi connectivity index (χ4n) is 0.151. The molecule has 0 amide bonds. The van der Waals surface area contributed by atoms with Crippen LogP contribution in [0.1, 0.15) is 0 Å². The zero-order valence-corrected chi connectivity index (χ0v) is 6.58. The summed E-state index contributed by atoms with van der Waals surface area (Å²) in [5, 5.41) is 0. The molecule has 42 valence electrons. The summed E-state index contributed by atoms with van der Waals surface area (Å²) in [6.07, 6.45) is 3.80. The van der Waals surface area contributed by atoms with Gasteiger partial charge < -0.3 is 0 Å². The quantitative estimate of drug-likeness (QED) is 0.485. The minimum atomic E-state index is 0.562. The summed E-state index contributed by atoms with van der Waals surface area (Å²) in [4.78, 5) is 0. The van der Waals surface area contributed by atoms with E-state index in [9.17, 15) is 4.21 Å². The summed E-state index contributed by atoms with van der Waals surface area (Å²) in [5.41, 5.74) is 0. The lowest BCUT2D eigenvalue weighted by Gasteiger charge is -1.85. The van der Waals surface area contributed by atoms with E-state index in [0.717, 1.165) is 3.53 Å². The molecule has 0 spiro atoms. The Morgan fingerprint density at radius 3 is 1.71 bits per heavy atom. The van der Waals surface area contributed by atoms with Crippen molar-refractivity contribution in [1.29, 1.82) is 0 Å². The molecule has 0 aliphatic rings. The van der Waals surface area contributed by atoms with Crippen molar-refractivity contribution in [2.75, 3.05) is 12.5 Å². The molecule has 0 saturated heterocycles. The SMILES string of the molecule is CSC(SC)=S=O. The van der Waals surface area contributed by atoms with Crippen LogP contribution in [-0.4, -0.2) is 20.2 Å². The minimum Gasteiger partial charge on any atom is -0.211 e. The highest BCUT2D eigenvalue weighted by molar-refractivity contribution is 8.45. The molecule has 0 aromatic carbocycles. The second-order valence-corrected chi connectivity index (χ2v) is 3.72. The predicted octanol–water partition coefficient (Wildman–Crippen LogP) is 1.01. The van der Waals surface area contributed by atoms with Crippen molar-refractivity contribution in [3.05, 3.63) is 0 Å². The van der Waals surface area contributed by atoms with Crippen LogP contribution in [0.3, 0.4) is 0 Å². The Bertz CT molecular complexity index is 88.4. The summed E-state index contributed by atoms with van der Waals surface area (Å²) in [7, 11) is 0. The van der Waals surface area contributed by atoms with Gasteiger partial charge in [0.05, 0.1) is 0 Å². The van der Waals surface area contributed by atoms with Gasteiger partial charge in [-0.05, 0) is 12.5 Å². The van der Waals surface area contributed by atoms with Crippen molar-refractivity contribution in [3.8, 4) is 0 Å². The van der Waals surface area contributed by atoms with E-state index in [0.29, 0.717) is 11.3 Å². The van der Waals surface area contributed by atoms with E-state index in [4.69, 9.17) is 0 Å². The van der Waals surface area contributed by atoms with Gasteiger partial charge in [-0.3, -0.25) is 0 Å². The molecule has 7 heavy (non-hydrogen) atoms. The van der Waals surface area contributed by atoms with Gasteiger partial charge in [-0.1, -0.05) is 0 Å². The molecule has 0 radical (unpaired) electrons. The first-order chi connectivity index (χ1) is 3.35. The van der Waals surface area contributed by atoms with Gasteiger partial charge in [-0.2, -0.15) is 0 Å². The third kappa shape index (κ3) is 3.20. The van der Waals surface area contributed by atoms with Crippen molar-refractivity contribution in [3.63, 3.8) is 0 Å². The second kappa shape index (κ2) is 4.74. The summed E-state index contributed by atoms with van der Waals surface area (Å²) >= 11 is 3.56. The first-order valence-electron chi connectivity index (χ1n) is 1.60. The van der Waals surface area contributed by atoms with E-state index in [1.165, 1.54) is 23.5 Å². The van der Waals surface area contributed by atoms with Crippen molar-refractivity contribution < 1.29 is 4.21 Å². The lowest BCUT2D eigenvalue weighted by atomic mass is 11.8. The minimum absolute atomic E-state index is 0.562. The molecule has 4 heteroatoms. The summed E-state index contributed by atoms with van der Waals surface area (Å²) < 4.78 is 10.8. The van der Waals surface area contributed by atoms with Gasteiger partial charge >= 0.3 is 0 Å². The number of thioether (sulfide) groups is 2. The average Bonchev–Trinajstić information content (AvgIpc) is 1.72. The van der Waals surface area contributed by atoms with Crippen molar-refractivity contribution in [1.82, 2.24) is 0 Å². The molecule has 0 bridgehead atoms. The molecule has 0 aromatic heterocycles. The third-order valence-electron chi connectivity index (χ3n) is 0.401. The molecule has 0 unspecified atom stereocenters. The molecular formula is C3H6OS3. The van der Waals surface area contributed by atoms with Gasteiger partial charge in [0.25, 0.3) is 0 Å². The van der Waals surface area contributed by atoms with E-state index in [1.54, 1.807) is 0 Å². The number of hydrogen-bond acceptors (Lipinski definition) is 3. The van der Waals surface area contributed by atoms with Crippen LogP contribution in [0.4, 0.5) is 0 Å². The smallest absolute Gasteiger partial charge is 0.133 e. The Hall–Kier alpha value is 0.590. The Balaban J connectivity index is 3.61. The van der Waals surface area contributed by atoms with Gasteiger partial charge in [-0.25, -0.2) is 4.21 Å². The van der Waals surface area contributed by atoms with Gasteiger partial charge in [-0.15, -0.1) is 23.5 Å². The molecule has 0 aliphatic carbocycles. The van der Waals surface area contributed by atoms with Crippen LogP contribution in [-0.2, 0) is 11.3 Å². The molecular weight excluding hydrogens is 148 g/mol. The van der Waals surface area contributed by atoms with Gasteiger partial charge in [0.1, 0.15) is 14.8 Å². The third-order valence-corrected chi connectivity index (χ3v) is 3.61. The van der Waals surface area contributed by atoms with E-state index in [1.807, 2.05) is 12.5 Å². The maximum Gasteiger partial charge on any atom is 0.133 e. The molecule has 0 aromatic rings. The van der Waals surface area contributed by atoms with Crippen LogP contribution in [0.2, 0.25) is 0 Å². The Kier molecular flexibility index (Phi) is 5.14. The normalized spacial score (nSPS) is 8.29. The largest absolute Gasteiger partial charge is 0.211 e. The maximum absolute atomic E-state index is 9.93. The predicted molar refractivity (Wildman–Crippen MR) is 40.2 cm³/mol. The number of rotatable bonds is 0. The van der Waals surface area contributed by atoms with Gasteiger partial charge in [0, 0.05) is 0 Å². The van der Waals surface area contributed by atoms with E-state index in [2.05, 4.69) is 0 Å². The molecule has 0 aliphatic heterocycles. The molecule has 0 fully saturated rings. The fourth-order valence-corrected chi connectivity index (χ4v) is 1.36. The topological polar surface area (TPSA) is 17.1 Å². The van der Waals surface area contributed by atoms with Crippen LogP contribution >= 0.6 is 23.5 Å². The summed E-state index contributed by atoms with van der Waals surface area (Å²) in [6, 6.07) is 0. The monoisotopic (exact) mass is 154 g/mol. The summed E-state index contributed by atoms with van der Waals surface area (Å²) in [6.45, 7) is 0. The van der Waals surface area contributed by atoms with Crippen molar-refractivity contribution in [2.24, 2.45) is 0 Å². The Morgan fingerprint density at radius 2 is 1.71 bits per heavy atom. The zero-order valence-electron chi connectivity index (χ0n) is 4.13. The molecule has 0 rings (SSSR count). The first kappa shape index (κ1) is 7.59. The maximum atomic E-state index is 9.93. The summed E-state index contributed by atoms with van der Waals surface area (Å²) in [5.74, 6) is 0. The molecule has 0 atom stereocenters. The van der Waals surface area contributed by atoms with Crippen molar-refractivity contribution >= 4 is 38.3 Å². The van der Waals surface area contributed by atoms with E-state index < -0.39 is 0 Å². The molecule has 1 nitrogen and oxygen atoms in total. The molecule has 0 heterocycles. The standard InChI is InChI=1S/C3H6OS3/c1-5-3(6-2)7-4/h1-2H3. The number of hydrogen-bond donors (Lipinski definition) is 0. The van der Waals surface area contributed by atoms with E-state index in [-0.39, 0.29) is 0 Å². The van der Waals surface area contributed by atoms with Crippen LogP contribution in [0, 0.1) is 0 Å². The molecule has 0 saturated carbocycles. The molecule has 0 N–H and O–H groups in total. The van der Waals surface area contributed by atoms with Crippen molar-refractivity contribution in [2.45, 2.75) is 0 Å². The highest BCUT2D eigenvalue weighted by atomic mass is 32.2. The highest BCUT2D eigenvalue weighted by Crippen LogP contribution is 2.06. The first-order valence-corrected chi connectivity index (χ1v) is 4.79. The Labute approximate surface area is 55.3 Å². The lowest BCUT2D eigenvalue weighted by Crippen LogP contribution is -1.76. The average molecular weight is 154 g/mol. The van der Waals surface area contributed by atoms with Gasteiger partial charge in [0.15, 0.2) is 0 Å². The highest BCUT2D eigenvalue weighted by Gasteiger charge is 1.86. The lowest BCUT2D eigenvalue weighted by molar-refractivity contribution is 0.701. The van der Waals surface area contributed by atoms with Crippen LogP contribution in [0.25, 0.3) is 0 Å². The van der Waals surface area contributed by atoms with Crippen LogP contribution < -0.4 is 0 Å². The Morgan fingerprint density at radius 1 is 1.29 bits per heavy atom. The fraction of sp³-hybridized carbons (Fsp3) is 0.667. The van der Waals surface area contributed by atoms with Crippen LogP contribution in [0.15, 0.2) is 0 Å². The second-order valence-electron chi connectivity index (χ2n) is 0.742. The van der Waals surface area contributed by atoms with Crippen LogP contribution in [0.5, 0.6) is 0 Å².